The largest absolute Gasteiger partial charge is 0.379 e. The second-order valence-corrected chi connectivity index (χ2v) is 10.9. The second kappa shape index (κ2) is 11.7. The van der Waals surface area contributed by atoms with Gasteiger partial charge in [-0.25, -0.2) is 23.7 Å². The maximum absolute atomic E-state index is 15.2. The molecule has 0 aliphatic heterocycles. The molecule has 3 aromatic heterocycles. The first kappa shape index (κ1) is 28.5. The zero-order valence-corrected chi connectivity index (χ0v) is 23.3. The van der Waals surface area contributed by atoms with E-state index in [4.69, 9.17) is 20.6 Å². The number of nitrogens with zero attached hydrogens (tertiary/aromatic N) is 4. The van der Waals surface area contributed by atoms with Gasteiger partial charge in [-0.1, -0.05) is 11.6 Å². The molecular formula is C27H25ClF2N5O3P. The lowest BCUT2D eigenvalue weighted by molar-refractivity contribution is 0.229. The van der Waals surface area contributed by atoms with E-state index in [9.17, 15) is 14.2 Å². The van der Waals surface area contributed by atoms with Gasteiger partial charge < -0.3 is 14.4 Å². The van der Waals surface area contributed by atoms with Crippen molar-refractivity contribution in [3.8, 4) is 17.3 Å². The van der Waals surface area contributed by atoms with Crippen LogP contribution in [0.5, 0.6) is 0 Å². The van der Waals surface area contributed by atoms with Gasteiger partial charge in [-0.2, -0.15) is 5.26 Å². The first-order valence-electron chi connectivity index (χ1n) is 12.1. The molecule has 4 aromatic rings. The molecule has 39 heavy (non-hydrogen) atoms. The fraction of sp³-hybridized carbons (Fsp3) is 0.259. The first-order valence-corrected chi connectivity index (χ1v) is 14.0. The van der Waals surface area contributed by atoms with Gasteiger partial charge in [0, 0.05) is 23.4 Å². The predicted octanol–water partition coefficient (Wildman–Crippen LogP) is 6.87. The molecule has 4 rings (SSSR count). The first-order chi connectivity index (χ1) is 18.6. The highest BCUT2D eigenvalue weighted by atomic mass is 35.5. The lowest BCUT2D eigenvalue weighted by atomic mass is 10.0. The van der Waals surface area contributed by atoms with E-state index < -0.39 is 25.3 Å². The number of rotatable bonds is 9. The smallest absolute Gasteiger partial charge is 0.375 e. The Labute approximate surface area is 229 Å². The summed E-state index contributed by atoms with van der Waals surface area (Å²) in [6.45, 7) is 7.08. The van der Waals surface area contributed by atoms with Crippen LogP contribution < -0.4 is 10.8 Å². The van der Waals surface area contributed by atoms with E-state index in [0.717, 1.165) is 0 Å². The molecule has 0 saturated heterocycles. The number of aromatic nitrogens is 3. The molecule has 1 aromatic carbocycles. The number of aryl methyl sites for hydroxylation is 1. The highest BCUT2D eigenvalue weighted by Gasteiger charge is 2.28. The zero-order valence-electron chi connectivity index (χ0n) is 21.6. The number of hydrogen-bond acceptors (Lipinski definition) is 8. The van der Waals surface area contributed by atoms with Crippen LogP contribution >= 0.6 is 19.2 Å². The van der Waals surface area contributed by atoms with Gasteiger partial charge in [0.05, 0.1) is 52.8 Å². The molecule has 0 aliphatic carbocycles. The van der Waals surface area contributed by atoms with E-state index in [1.54, 1.807) is 27.7 Å². The predicted molar refractivity (Wildman–Crippen MR) is 146 cm³/mol. The maximum Gasteiger partial charge on any atom is 0.379 e. The Hall–Kier alpha value is -3.48. The van der Waals surface area contributed by atoms with Crippen molar-refractivity contribution >= 4 is 41.4 Å². The highest BCUT2D eigenvalue weighted by Crippen LogP contribution is 2.46. The van der Waals surface area contributed by atoms with Crippen LogP contribution in [-0.2, 0) is 13.6 Å². The Balaban J connectivity index is 1.79. The molecule has 202 valence electrons. The third kappa shape index (κ3) is 5.77. The maximum atomic E-state index is 15.2. The minimum Gasteiger partial charge on any atom is -0.375 e. The molecule has 0 spiro atoms. The van der Waals surface area contributed by atoms with E-state index in [1.165, 1.54) is 42.6 Å². The second-order valence-electron chi connectivity index (χ2n) is 8.52. The summed E-state index contributed by atoms with van der Waals surface area (Å²) in [6, 6.07) is 9.64. The molecule has 1 atom stereocenters. The molecule has 3 heterocycles. The Bertz CT molecular complexity index is 1620. The van der Waals surface area contributed by atoms with Crippen LogP contribution in [0.1, 0.15) is 43.6 Å². The normalized spacial score (nSPS) is 12.4. The van der Waals surface area contributed by atoms with Crippen LogP contribution in [-0.4, -0.2) is 28.2 Å². The van der Waals surface area contributed by atoms with Crippen LogP contribution in [0.25, 0.3) is 22.3 Å². The standard InChI is InChI=1S/C27H25ClF2N5O3P/c1-5-37-39(36,38-6-2)23-10-8-18(14-32-23)25-21(30)12-22-26(35-25)27(24(28)16(4)33-22)34-15(3)19-11-17(13-31)7-9-20(19)29/h7-12,14-15H,5-6H2,1-4H3,(H,33,34)/t15-/m1/s1. The van der Waals surface area contributed by atoms with E-state index in [0.29, 0.717) is 22.5 Å². The molecular weight excluding hydrogens is 547 g/mol. The molecule has 0 radical (unpaired) electrons. The molecule has 12 heteroatoms. The van der Waals surface area contributed by atoms with Crippen LogP contribution in [0.15, 0.2) is 42.6 Å². The third-order valence-electron chi connectivity index (χ3n) is 5.87. The number of benzene rings is 1. The van der Waals surface area contributed by atoms with Crippen molar-refractivity contribution < 1.29 is 22.4 Å². The Morgan fingerprint density at radius 3 is 2.44 bits per heavy atom. The number of pyridine rings is 3. The molecule has 0 aliphatic rings. The minimum absolute atomic E-state index is 0.0423. The van der Waals surface area contributed by atoms with Gasteiger partial charge in [0.1, 0.15) is 17.0 Å². The van der Waals surface area contributed by atoms with Gasteiger partial charge in [-0.3, -0.25) is 4.57 Å². The van der Waals surface area contributed by atoms with Gasteiger partial charge in [0.15, 0.2) is 11.3 Å². The summed E-state index contributed by atoms with van der Waals surface area (Å²) in [5, 5.41) is 12.6. The fourth-order valence-corrected chi connectivity index (χ4v) is 5.70. The minimum atomic E-state index is -3.62. The van der Waals surface area contributed by atoms with Gasteiger partial charge in [0.25, 0.3) is 0 Å². The van der Waals surface area contributed by atoms with Crippen molar-refractivity contribution in [2.24, 2.45) is 0 Å². The summed E-state index contributed by atoms with van der Waals surface area (Å²) in [6.07, 6.45) is 1.33. The lowest BCUT2D eigenvalue weighted by Crippen LogP contribution is -2.14. The van der Waals surface area contributed by atoms with Gasteiger partial charge in [-0.15, -0.1) is 0 Å². The number of anilines is 1. The molecule has 0 fully saturated rings. The molecule has 1 N–H and O–H groups in total. The topological polar surface area (TPSA) is 110 Å². The van der Waals surface area contributed by atoms with E-state index in [1.807, 2.05) is 6.07 Å². The monoisotopic (exact) mass is 571 g/mol. The molecule has 0 saturated carbocycles. The summed E-state index contributed by atoms with van der Waals surface area (Å²) in [5.74, 6) is -1.15. The molecule has 8 nitrogen and oxygen atoms in total. The van der Waals surface area contributed by atoms with Crippen LogP contribution in [0.2, 0.25) is 5.02 Å². The van der Waals surface area contributed by atoms with E-state index >= 15 is 4.39 Å². The van der Waals surface area contributed by atoms with Gasteiger partial charge >= 0.3 is 7.60 Å². The van der Waals surface area contributed by atoms with Crippen molar-refractivity contribution in [3.63, 3.8) is 0 Å². The molecule has 0 amide bonds. The Morgan fingerprint density at radius 2 is 1.82 bits per heavy atom. The average molecular weight is 572 g/mol. The van der Waals surface area contributed by atoms with Gasteiger partial charge in [-0.05, 0) is 58.0 Å². The summed E-state index contributed by atoms with van der Waals surface area (Å²) >= 11 is 6.59. The van der Waals surface area contributed by atoms with Gasteiger partial charge in [0.2, 0.25) is 0 Å². The van der Waals surface area contributed by atoms with Crippen molar-refractivity contribution in [1.82, 2.24) is 15.0 Å². The number of halogens is 3. The summed E-state index contributed by atoms with van der Waals surface area (Å²) in [4.78, 5) is 13.1. The van der Waals surface area contributed by atoms with Crippen molar-refractivity contribution in [2.45, 2.75) is 33.7 Å². The Kier molecular flexibility index (Phi) is 8.57. The van der Waals surface area contributed by atoms with Crippen LogP contribution in [0, 0.1) is 29.9 Å². The SMILES string of the molecule is CCOP(=O)(OCC)c1ccc(-c2nc3c(N[C@H](C)c4cc(C#N)ccc4F)c(Cl)c(C)nc3cc2F)cn1. The third-order valence-corrected chi connectivity index (χ3v) is 8.35. The summed E-state index contributed by atoms with van der Waals surface area (Å²) < 4.78 is 53.5. The van der Waals surface area contributed by atoms with Crippen molar-refractivity contribution in [1.29, 1.82) is 5.26 Å². The van der Waals surface area contributed by atoms with Crippen molar-refractivity contribution in [2.75, 3.05) is 18.5 Å². The Morgan fingerprint density at radius 1 is 1.10 bits per heavy atom. The van der Waals surface area contributed by atoms with E-state index in [-0.39, 0.29) is 46.0 Å². The fourth-order valence-electron chi connectivity index (χ4n) is 4.03. The van der Waals surface area contributed by atoms with Crippen molar-refractivity contribution in [3.05, 3.63) is 76.1 Å². The summed E-state index contributed by atoms with van der Waals surface area (Å²) in [5.41, 5.74) is 2.16. The summed E-state index contributed by atoms with van der Waals surface area (Å²) in [7, 11) is -3.62. The number of hydrogen-bond donors (Lipinski definition) is 1. The van der Waals surface area contributed by atoms with Crippen LogP contribution in [0.3, 0.4) is 0 Å². The lowest BCUT2D eigenvalue weighted by Gasteiger charge is -2.20. The van der Waals surface area contributed by atoms with Crippen LogP contribution in [0.4, 0.5) is 14.5 Å². The quantitative estimate of drug-likeness (QED) is 0.217. The highest BCUT2D eigenvalue weighted by molar-refractivity contribution is 7.61. The molecule has 0 bridgehead atoms. The number of nitrogens with one attached hydrogen (secondary N) is 1. The average Bonchev–Trinajstić information content (AvgIpc) is 2.91. The number of fused-ring (bicyclic) bond motifs is 1. The van der Waals surface area contributed by atoms with E-state index in [2.05, 4.69) is 20.3 Å². The number of nitriles is 1. The zero-order chi connectivity index (χ0) is 28.3. The molecule has 0 unspecified atom stereocenters.